The number of carboxylic acids is 1. The van der Waals surface area contributed by atoms with Crippen LogP contribution in [0.5, 0.6) is 0 Å². The number of rotatable bonds is 3. The fraction of sp³-hybridized carbons (Fsp3) is 0.462. The fourth-order valence-corrected chi connectivity index (χ4v) is 2.54. The average Bonchev–Trinajstić information content (AvgIpc) is 2.74. The van der Waals surface area contributed by atoms with Crippen LogP contribution in [-0.2, 0) is 4.79 Å². The van der Waals surface area contributed by atoms with Gasteiger partial charge in [-0.05, 0) is 23.6 Å². The van der Waals surface area contributed by atoms with Crippen LogP contribution in [0.3, 0.4) is 0 Å². The lowest BCUT2D eigenvalue weighted by Crippen LogP contribution is -2.39. The zero-order valence-electron chi connectivity index (χ0n) is 10.4. The normalized spacial score (nSPS) is 27.7. The van der Waals surface area contributed by atoms with Gasteiger partial charge < -0.3 is 5.11 Å². The fourth-order valence-electron chi connectivity index (χ4n) is 2.54. The van der Waals surface area contributed by atoms with Gasteiger partial charge in [-0.25, -0.2) is 15.2 Å². The molecule has 3 N–H and O–H groups in total. The van der Waals surface area contributed by atoms with Gasteiger partial charge in [0, 0.05) is 5.92 Å². The van der Waals surface area contributed by atoms with Crippen molar-refractivity contribution in [3.63, 3.8) is 0 Å². The lowest BCUT2D eigenvalue weighted by molar-refractivity contribution is -0.140. The number of benzene rings is 1. The minimum Gasteiger partial charge on any atom is -0.480 e. The first-order valence-electron chi connectivity index (χ1n) is 6.00. The zero-order valence-corrected chi connectivity index (χ0v) is 10.4. The van der Waals surface area contributed by atoms with Crippen LogP contribution < -0.4 is 10.9 Å². The van der Waals surface area contributed by atoms with Crippen molar-refractivity contribution >= 4 is 5.97 Å². The maximum absolute atomic E-state index is 12.9. The second kappa shape index (κ2) is 5.04. The van der Waals surface area contributed by atoms with Crippen LogP contribution in [0.2, 0.25) is 0 Å². The van der Waals surface area contributed by atoms with Gasteiger partial charge in [-0.1, -0.05) is 26.0 Å². The highest BCUT2D eigenvalue weighted by Crippen LogP contribution is 2.34. The number of carbonyl (C=O) groups is 1. The van der Waals surface area contributed by atoms with Crippen LogP contribution in [0.1, 0.15) is 25.5 Å². The Balaban J connectivity index is 2.27. The molecule has 0 aromatic heterocycles. The van der Waals surface area contributed by atoms with Gasteiger partial charge in [-0.15, -0.1) is 0 Å². The van der Waals surface area contributed by atoms with Crippen molar-refractivity contribution in [2.45, 2.75) is 25.9 Å². The van der Waals surface area contributed by atoms with Crippen LogP contribution in [0.15, 0.2) is 24.3 Å². The van der Waals surface area contributed by atoms with Gasteiger partial charge in [0.25, 0.3) is 0 Å². The Bertz CT molecular complexity index is 433. The third-order valence-electron chi connectivity index (χ3n) is 3.43. The van der Waals surface area contributed by atoms with E-state index < -0.39 is 12.0 Å². The molecule has 0 bridgehead atoms. The minimum atomic E-state index is -0.870. The molecule has 1 aromatic rings. The smallest absolute Gasteiger partial charge is 0.322 e. The third kappa shape index (κ3) is 2.37. The first-order valence-corrected chi connectivity index (χ1v) is 6.00. The Labute approximate surface area is 105 Å². The van der Waals surface area contributed by atoms with Crippen molar-refractivity contribution in [2.75, 3.05) is 0 Å². The number of hydrogen-bond donors (Lipinski definition) is 3. The molecule has 1 heterocycles. The molecule has 18 heavy (non-hydrogen) atoms. The molecule has 3 atom stereocenters. The predicted molar refractivity (Wildman–Crippen MR) is 65.2 cm³/mol. The second-order valence-electron chi connectivity index (χ2n) is 4.96. The Morgan fingerprint density at radius 2 is 1.89 bits per heavy atom. The molecule has 2 rings (SSSR count). The SMILES string of the molecule is CC(C)C1C(C(=O)O)NNC1c1ccc(F)cc1. The third-order valence-corrected chi connectivity index (χ3v) is 3.43. The second-order valence-corrected chi connectivity index (χ2v) is 4.96. The molecule has 1 aromatic carbocycles. The number of hydrogen-bond acceptors (Lipinski definition) is 3. The van der Waals surface area contributed by atoms with Gasteiger partial charge in [0.15, 0.2) is 0 Å². The van der Waals surface area contributed by atoms with Crippen LogP contribution in [-0.4, -0.2) is 17.1 Å². The zero-order chi connectivity index (χ0) is 13.3. The molecule has 98 valence electrons. The summed E-state index contributed by atoms with van der Waals surface area (Å²) in [5.41, 5.74) is 6.70. The summed E-state index contributed by atoms with van der Waals surface area (Å²) >= 11 is 0. The summed E-state index contributed by atoms with van der Waals surface area (Å²) < 4.78 is 12.9. The van der Waals surface area contributed by atoms with Crippen molar-refractivity contribution in [2.24, 2.45) is 11.8 Å². The molecule has 0 saturated carbocycles. The molecule has 1 aliphatic heterocycles. The average molecular weight is 252 g/mol. The number of carboxylic acid groups (broad SMARTS) is 1. The topological polar surface area (TPSA) is 61.4 Å². The van der Waals surface area contributed by atoms with E-state index in [4.69, 9.17) is 0 Å². The summed E-state index contributed by atoms with van der Waals surface area (Å²) in [5.74, 6) is -1.04. The summed E-state index contributed by atoms with van der Waals surface area (Å²) in [6.07, 6.45) is 0. The maximum Gasteiger partial charge on any atom is 0.322 e. The predicted octanol–water partition coefficient (Wildman–Crippen LogP) is 1.70. The molecule has 0 spiro atoms. The van der Waals surface area contributed by atoms with Crippen LogP contribution in [0.4, 0.5) is 4.39 Å². The first-order chi connectivity index (χ1) is 8.50. The monoisotopic (exact) mass is 252 g/mol. The largest absolute Gasteiger partial charge is 0.480 e. The van der Waals surface area contributed by atoms with Gasteiger partial charge >= 0.3 is 5.97 Å². The highest BCUT2D eigenvalue weighted by molar-refractivity contribution is 5.74. The summed E-state index contributed by atoms with van der Waals surface area (Å²) in [5, 5.41) is 9.18. The molecule has 1 fully saturated rings. The van der Waals surface area contributed by atoms with Crippen molar-refractivity contribution < 1.29 is 14.3 Å². The Hall–Kier alpha value is -1.46. The molecule has 0 amide bonds. The van der Waals surface area contributed by atoms with E-state index in [0.717, 1.165) is 5.56 Å². The van der Waals surface area contributed by atoms with Crippen molar-refractivity contribution in [1.29, 1.82) is 0 Å². The number of nitrogens with one attached hydrogen (secondary N) is 2. The molecule has 5 heteroatoms. The van der Waals surface area contributed by atoms with E-state index in [1.165, 1.54) is 12.1 Å². The van der Waals surface area contributed by atoms with Gasteiger partial charge in [0.2, 0.25) is 0 Å². The highest BCUT2D eigenvalue weighted by atomic mass is 19.1. The molecule has 1 saturated heterocycles. The quantitative estimate of drug-likeness (QED) is 0.766. The molecular formula is C13H17FN2O2. The molecular weight excluding hydrogens is 235 g/mol. The van der Waals surface area contributed by atoms with E-state index in [2.05, 4.69) is 10.9 Å². The van der Waals surface area contributed by atoms with E-state index in [0.29, 0.717) is 0 Å². The van der Waals surface area contributed by atoms with Gasteiger partial charge in [0.1, 0.15) is 11.9 Å². The van der Waals surface area contributed by atoms with Gasteiger partial charge in [0.05, 0.1) is 6.04 Å². The molecule has 0 radical (unpaired) electrons. The summed E-state index contributed by atoms with van der Waals surface area (Å²) in [6.45, 7) is 3.98. The highest BCUT2D eigenvalue weighted by Gasteiger charge is 2.42. The molecule has 3 unspecified atom stereocenters. The Kier molecular flexibility index (Phi) is 3.63. The van der Waals surface area contributed by atoms with Crippen molar-refractivity contribution in [3.05, 3.63) is 35.6 Å². The van der Waals surface area contributed by atoms with Crippen LogP contribution in [0, 0.1) is 17.7 Å². The lowest BCUT2D eigenvalue weighted by Gasteiger charge is -2.24. The Morgan fingerprint density at radius 3 is 2.39 bits per heavy atom. The first kappa shape index (κ1) is 13.0. The van der Waals surface area contributed by atoms with E-state index in [-0.39, 0.29) is 23.7 Å². The van der Waals surface area contributed by atoms with Crippen molar-refractivity contribution in [1.82, 2.24) is 10.9 Å². The molecule has 1 aliphatic rings. The lowest BCUT2D eigenvalue weighted by atomic mass is 9.81. The Morgan fingerprint density at radius 1 is 1.28 bits per heavy atom. The standard InChI is InChI=1S/C13H17FN2O2/c1-7(2)10-11(15-16-12(10)13(17)18)8-3-5-9(14)6-4-8/h3-7,10-12,15-16H,1-2H3,(H,17,18). The number of aliphatic carboxylic acids is 1. The maximum atomic E-state index is 12.9. The van der Waals surface area contributed by atoms with Crippen LogP contribution in [0.25, 0.3) is 0 Å². The summed E-state index contributed by atoms with van der Waals surface area (Å²) in [7, 11) is 0. The number of hydrazine groups is 1. The summed E-state index contributed by atoms with van der Waals surface area (Å²) in [6, 6.07) is 5.42. The van der Waals surface area contributed by atoms with E-state index in [1.807, 2.05) is 13.8 Å². The number of halogens is 1. The summed E-state index contributed by atoms with van der Waals surface area (Å²) in [4.78, 5) is 11.2. The molecule has 0 aliphatic carbocycles. The minimum absolute atomic E-state index is 0.0760. The van der Waals surface area contributed by atoms with E-state index >= 15 is 0 Å². The van der Waals surface area contributed by atoms with E-state index in [1.54, 1.807) is 12.1 Å². The molecule has 4 nitrogen and oxygen atoms in total. The van der Waals surface area contributed by atoms with Gasteiger partial charge in [-0.3, -0.25) is 4.79 Å². The van der Waals surface area contributed by atoms with Crippen molar-refractivity contribution in [3.8, 4) is 0 Å². The van der Waals surface area contributed by atoms with E-state index in [9.17, 15) is 14.3 Å². The van der Waals surface area contributed by atoms with Gasteiger partial charge in [-0.2, -0.15) is 0 Å². The van der Waals surface area contributed by atoms with Crippen LogP contribution >= 0.6 is 0 Å².